The SMILES string of the molecule is COc1cc(C(=N)N2CC=CC2)ccc1C(=O)OCCOc1ccc2ccnc(N)c2c1.O=C(O)C(F)(F)F.O=C(O)C(F)(F)F. The number of carbonyl (C=O) groups is 3. The first-order valence-electron chi connectivity index (χ1n) is 12.7. The third kappa shape index (κ3) is 10.9. The molecule has 5 N–H and O–H groups in total. The van der Waals surface area contributed by atoms with Crippen LogP contribution in [0.1, 0.15) is 15.9 Å². The number of alkyl halides is 6. The minimum atomic E-state index is -5.08. The highest BCUT2D eigenvalue weighted by atomic mass is 19.4. The molecule has 1 aliphatic heterocycles. The number of carboxylic acid groups (broad SMARTS) is 2. The number of hydrogen-bond donors (Lipinski definition) is 4. The summed E-state index contributed by atoms with van der Waals surface area (Å²) < 4.78 is 79.9. The minimum absolute atomic E-state index is 0.0690. The lowest BCUT2D eigenvalue weighted by atomic mass is 10.1. The second-order valence-electron chi connectivity index (χ2n) is 8.81. The summed E-state index contributed by atoms with van der Waals surface area (Å²) in [4.78, 5) is 36.3. The number of pyridine rings is 1. The zero-order chi connectivity index (χ0) is 34.7. The summed E-state index contributed by atoms with van der Waals surface area (Å²) in [6.45, 7) is 1.65. The number of nitrogens with one attached hydrogen (secondary N) is 1. The summed E-state index contributed by atoms with van der Waals surface area (Å²) in [5.74, 6) is -4.23. The van der Waals surface area contributed by atoms with E-state index in [4.69, 9.17) is 45.2 Å². The molecule has 0 saturated heterocycles. The van der Waals surface area contributed by atoms with E-state index in [1.165, 1.54) is 7.11 Å². The Balaban J connectivity index is 0.000000440. The van der Waals surface area contributed by atoms with Crippen LogP contribution in [0, 0.1) is 5.41 Å². The van der Waals surface area contributed by atoms with Crippen LogP contribution in [-0.2, 0) is 14.3 Å². The minimum Gasteiger partial charge on any atom is -0.496 e. The molecule has 12 nitrogen and oxygen atoms in total. The van der Waals surface area contributed by atoms with Gasteiger partial charge in [-0.05, 0) is 35.7 Å². The first-order chi connectivity index (χ1) is 21.4. The first-order valence-corrected chi connectivity index (χ1v) is 12.7. The van der Waals surface area contributed by atoms with Gasteiger partial charge in [-0.3, -0.25) is 5.41 Å². The zero-order valence-corrected chi connectivity index (χ0v) is 23.7. The third-order valence-electron chi connectivity index (χ3n) is 5.67. The molecule has 0 saturated carbocycles. The van der Waals surface area contributed by atoms with E-state index in [1.54, 1.807) is 24.4 Å². The quantitative estimate of drug-likeness (QED) is 0.0697. The number of fused-ring (bicyclic) bond motifs is 1. The number of ether oxygens (including phenoxy) is 3. The van der Waals surface area contributed by atoms with E-state index >= 15 is 0 Å². The number of rotatable bonds is 7. The summed E-state index contributed by atoms with van der Waals surface area (Å²) >= 11 is 0. The number of carboxylic acids is 2. The lowest BCUT2D eigenvalue weighted by Gasteiger charge is -2.19. The second-order valence-corrected chi connectivity index (χ2v) is 8.81. The van der Waals surface area contributed by atoms with Gasteiger partial charge in [0.15, 0.2) is 0 Å². The maximum Gasteiger partial charge on any atom is 0.490 e. The molecular weight excluding hydrogens is 634 g/mol. The summed E-state index contributed by atoms with van der Waals surface area (Å²) in [6.07, 6.45) is -4.47. The van der Waals surface area contributed by atoms with E-state index in [2.05, 4.69) is 4.98 Å². The Morgan fingerprint density at radius 3 is 2.07 bits per heavy atom. The van der Waals surface area contributed by atoms with Gasteiger partial charge in [0.05, 0.1) is 7.11 Å². The van der Waals surface area contributed by atoms with Crippen LogP contribution in [0.15, 0.2) is 60.8 Å². The van der Waals surface area contributed by atoms with Crippen molar-refractivity contribution in [1.29, 1.82) is 5.41 Å². The molecule has 0 bridgehead atoms. The normalized spacial score (nSPS) is 12.3. The molecular formula is C28H26F6N4O8. The van der Waals surface area contributed by atoms with Gasteiger partial charge in [0.2, 0.25) is 0 Å². The molecule has 248 valence electrons. The number of amidine groups is 1. The fraction of sp³-hybridized carbons (Fsp3) is 0.250. The number of aromatic nitrogens is 1. The molecule has 3 aromatic rings. The Kier molecular flexibility index (Phi) is 12.7. The number of carbonyl (C=O) groups excluding carboxylic acids is 1. The number of nitrogens with zero attached hydrogens (tertiary/aromatic N) is 2. The van der Waals surface area contributed by atoms with Crippen molar-refractivity contribution in [3.8, 4) is 11.5 Å². The van der Waals surface area contributed by atoms with Crippen molar-refractivity contribution in [3.63, 3.8) is 0 Å². The van der Waals surface area contributed by atoms with E-state index in [0.29, 0.717) is 47.4 Å². The van der Waals surface area contributed by atoms with Gasteiger partial charge in [-0.1, -0.05) is 24.3 Å². The van der Waals surface area contributed by atoms with E-state index in [9.17, 15) is 31.1 Å². The van der Waals surface area contributed by atoms with Crippen LogP contribution in [0.2, 0.25) is 0 Å². The molecule has 4 rings (SSSR count). The van der Waals surface area contributed by atoms with Gasteiger partial charge in [-0.15, -0.1) is 0 Å². The number of aliphatic carboxylic acids is 2. The topological polar surface area (TPSA) is 185 Å². The average Bonchev–Trinajstić information content (AvgIpc) is 3.54. The fourth-order valence-electron chi connectivity index (χ4n) is 3.48. The number of anilines is 1. The Hall–Kier alpha value is -5.55. The summed E-state index contributed by atoms with van der Waals surface area (Å²) in [6, 6.07) is 12.4. The molecule has 2 aromatic carbocycles. The van der Waals surface area contributed by atoms with Crippen molar-refractivity contribution in [3.05, 3.63) is 71.9 Å². The number of methoxy groups -OCH3 is 1. The van der Waals surface area contributed by atoms with Crippen LogP contribution >= 0.6 is 0 Å². The Labute approximate surface area is 256 Å². The zero-order valence-electron chi connectivity index (χ0n) is 23.7. The second kappa shape index (κ2) is 16.0. The molecule has 0 amide bonds. The molecule has 0 fully saturated rings. The van der Waals surface area contributed by atoms with Gasteiger partial charge < -0.3 is 35.1 Å². The van der Waals surface area contributed by atoms with E-state index < -0.39 is 30.3 Å². The highest BCUT2D eigenvalue weighted by Crippen LogP contribution is 2.25. The lowest BCUT2D eigenvalue weighted by Crippen LogP contribution is -2.28. The maximum absolute atomic E-state index is 12.5. The van der Waals surface area contributed by atoms with Gasteiger partial charge in [0.25, 0.3) is 0 Å². The molecule has 0 spiro atoms. The predicted molar refractivity (Wildman–Crippen MR) is 150 cm³/mol. The van der Waals surface area contributed by atoms with Gasteiger partial charge in [-0.2, -0.15) is 26.3 Å². The van der Waals surface area contributed by atoms with Gasteiger partial charge in [0, 0.05) is 30.2 Å². The standard InChI is InChI=1S/C24H24N4O4.2C2HF3O2/c1-30-21-14-17(23(26)28-10-2-3-11-28)5-7-19(21)24(29)32-13-12-31-18-6-4-16-8-9-27-22(25)20(16)15-18;2*3-2(4,5)1(6)7/h2-9,14-15,26H,10-13H2,1H3,(H2,25,27);2*(H,6,7). The van der Waals surface area contributed by atoms with Crippen molar-refractivity contribution in [2.24, 2.45) is 0 Å². The molecule has 0 aliphatic carbocycles. The van der Waals surface area contributed by atoms with Crippen molar-refractivity contribution < 1.29 is 65.1 Å². The van der Waals surface area contributed by atoms with Crippen LogP contribution in [-0.4, -0.2) is 89.6 Å². The van der Waals surface area contributed by atoms with Gasteiger partial charge >= 0.3 is 30.3 Å². The molecule has 2 heterocycles. The van der Waals surface area contributed by atoms with Crippen LogP contribution < -0.4 is 15.2 Å². The average molecular weight is 661 g/mol. The smallest absolute Gasteiger partial charge is 0.490 e. The number of hydrogen-bond acceptors (Lipinski definition) is 9. The Bertz CT molecular complexity index is 1560. The molecule has 46 heavy (non-hydrogen) atoms. The monoisotopic (exact) mass is 660 g/mol. The highest BCUT2D eigenvalue weighted by molar-refractivity contribution is 5.99. The number of esters is 1. The Morgan fingerprint density at radius 1 is 0.935 bits per heavy atom. The molecule has 0 unspecified atom stereocenters. The molecule has 0 radical (unpaired) electrons. The lowest BCUT2D eigenvalue weighted by molar-refractivity contribution is -0.193. The third-order valence-corrected chi connectivity index (χ3v) is 5.67. The number of halogens is 6. The number of nitrogen functional groups attached to an aromatic ring is 1. The number of nitrogens with two attached hydrogens (primary N) is 1. The molecule has 1 aliphatic rings. The fourth-order valence-corrected chi connectivity index (χ4v) is 3.48. The van der Waals surface area contributed by atoms with Crippen LogP contribution in [0.25, 0.3) is 10.8 Å². The summed E-state index contributed by atoms with van der Waals surface area (Å²) in [5.41, 5.74) is 6.88. The van der Waals surface area contributed by atoms with Crippen LogP contribution in [0.3, 0.4) is 0 Å². The van der Waals surface area contributed by atoms with E-state index in [1.807, 2.05) is 41.3 Å². The van der Waals surface area contributed by atoms with E-state index in [-0.39, 0.29) is 13.2 Å². The van der Waals surface area contributed by atoms with E-state index in [0.717, 1.165) is 10.8 Å². The highest BCUT2D eigenvalue weighted by Gasteiger charge is 2.38. The van der Waals surface area contributed by atoms with Crippen molar-refractivity contribution in [2.45, 2.75) is 12.4 Å². The molecule has 1 aromatic heterocycles. The van der Waals surface area contributed by atoms with Crippen LogP contribution in [0.5, 0.6) is 11.5 Å². The predicted octanol–water partition coefficient (Wildman–Crippen LogP) is 4.53. The first kappa shape index (κ1) is 36.6. The largest absolute Gasteiger partial charge is 0.496 e. The Morgan fingerprint density at radius 2 is 1.52 bits per heavy atom. The van der Waals surface area contributed by atoms with Gasteiger partial charge in [0.1, 0.15) is 41.9 Å². The van der Waals surface area contributed by atoms with Crippen molar-refractivity contribution in [2.75, 3.05) is 39.1 Å². The van der Waals surface area contributed by atoms with Gasteiger partial charge in [-0.25, -0.2) is 19.4 Å². The maximum atomic E-state index is 12.5. The van der Waals surface area contributed by atoms with Crippen LogP contribution in [0.4, 0.5) is 32.2 Å². The van der Waals surface area contributed by atoms with Crippen molar-refractivity contribution in [1.82, 2.24) is 9.88 Å². The van der Waals surface area contributed by atoms with Crippen molar-refractivity contribution >= 4 is 40.3 Å². The summed E-state index contributed by atoms with van der Waals surface area (Å²) in [5, 5.41) is 24.4. The summed E-state index contributed by atoms with van der Waals surface area (Å²) in [7, 11) is 1.49. The molecule has 0 atom stereocenters. The molecule has 18 heteroatoms. The number of benzene rings is 2.